The number of nitrogens with one attached hydrogen (secondary N) is 2. The standard InChI is InChI=1S/C25H29ClF3N5O4/c1-13(25(27,28)29)37-18-11-14(22(35)34(3)4)5-6-17(18)31-23-32-20-19(16(26)12-30-20)21(33-23)38-15-7-9-24(2,36)10-8-15/h5-6,11-13,15,36H,7-10H2,1-4H3,(H2,30,31,32,33)/t13-,15?,24?/m1/s1. The lowest BCUT2D eigenvalue weighted by Crippen LogP contribution is -2.35. The summed E-state index contributed by atoms with van der Waals surface area (Å²) in [6.07, 6.45) is -3.10. The maximum Gasteiger partial charge on any atom is 0.425 e. The molecule has 0 radical (unpaired) electrons. The number of hydrogen-bond acceptors (Lipinski definition) is 7. The fraction of sp³-hybridized carbons (Fsp3) is 0.480. The van der Waals surface area contributed by atoms with Crippen LogP contribution in [0.3, 0.4) is 0 Å². The third-order valence-electron chi connectivity index (χ3n) is 6.38. The molecule has 1 atom stereocenters. The van der Waals surface area contributed by atoms with Crippen LogP contribution >= 0.6 is 11.6 Å². The Morgan fingerprint density at radius 1 is 1.29 bits per heavy atom. The van der Waals surface area contributed by atoms with E-state index in [1.807, 2.05) is 0 Å². The number of benzene rings is 1. The highest BCUT2D eigenvalue weighted by Gasteiger charge is 2.38. The largest absolute Gasteiger partial charge is 0.479 e. The van der Waals surface area contributed by atoms with E-state index in [1.54, 1.807) is 6.92 Å². The van der Waals surface area contributed by atoms with E-state index in [2.05, 4.69) is 20.3 Å². The van der Waals surface area contributed by atoms with Crippen molar-refractivity contribution in [2.75, 3.05) is 19.4 Å². The Morgan fingerprint density at radius 3 is 2.61 bits per heavy atom. The van der Waals surface area contributed by atoms with Gasteiger partial charge in [-0.1, -0.05) is 11.6 Å². The van der Waals surface area contributed by atoms with E-state index in [1.165, 1.54) is 43.4 Å². The molecule has 206 valence electrons. The summed E-state index contributed by atoms with van der Waals surface area (Å²) in [7, 11) is 3.07. The van der Waals surface area contributed by atoms with Crippen LogP contribution < -0.4 is 14.8 Å². The number of alkyl halides is 3. The third kappa shape index (κ3) is 6.24. The van der Waals surface area contributed by atoms with Crippen molar-refractivity contribution in [3.8, 4) is 11.6 Å². The molecule has 0 unspecified atom stereocenters. The molecular weight excluding hydrogens is 527 g/mol. The number of H-pyrrole nitrogens is 1. The zero-order chi connectivity index (χ0) is 27.8. The molecule has 1 aliphatic rings. The van der Waals surface area contributed by atoms with Gasteiger partial charge >= 0.3 is 6.18 Å². The molecule has 1 fully saturated rings. The van der Waals surface area contributed by atoms with Crippen LogP contribution in [0.25, 0.3) is 11.0 Å². The Balaban J connectivity index is 1.68. The number of ether oxygens (including phenoxy) is 2. The summed E-state index contributed by atoms with van der Waals surface area (Å²) in [5.41, 5.74) is -0.123. The topological polar surface area (TPSA) is 113 Å². The van der Waals surface area contributed by atoms with Gasteiger partial charge < -0.3 is 29.8 Å². The van der Waals surface area contributed by atoms with Gasteiger partial charge in [0.1, 0.15) is 17.5 Å². The van der Waals surface area contributed by atoms with Crippen molar-refractivity contribution in [1.82, 2.24) is 19.9 Å². The molecule has 4 rings (SSSR count). The summed E-state index contributed by atoms with van der Waals surface area (Å²) in [4.78, 5) is 25.5. The van der Waals surface area contributed by atoms with Gasteiger partial charge in [-0.3, -0.25) is 4.79 Å². The van der Waals surface area contributed by atoms with Crippen molar-refractivity contribution in [2.24, 2.45) is 0 Å². The number of carbonyl (C=O) groups is 1. The quantitative estimate of drug-likeness (QED) is 0.355. The fourth-order valence-electron chi connectivity index (χ4n) is 4.09. The normalized spacial score (nSPS) is 20.7. The Kier molecular flexibility index (Phi) is 7.67. The summed E-state index contributed by atoms with van der Waals surface area (Å²) in [6, 6.07) is 4.13. The van der Waals surface area contributed by atoms with E-state index < -0.39 is 23.8 Å². The van der Waals surface area contributed by atoms with Crippen molar-refractivity contribution in [3.05, 3.63) is 35.0 Å². The van der Waals surface area contributed by atoms with Gasteiger partial charge in [0.05, 0.1) is 21.7 Å². The minimum absolute atomic E-state index is 0.0185. The molecular formula is C25H29ClF3N5O4. The van der Waals surface area contributed by atoms with E-state index in [0.29, 0.717) is 41.7 Å². The van der Waals surface area contributed by atoms with Gasteiger partial charge in [0, 0.05) is 25.9 Å². The van der Waals surface area contributed by atoms with E-state index in [4.69, 9.17) is 21.1 Å². The molecule has 1 aliphatic carbocycles. The number of aromatic nitrogens is 3. The zero-order valence-corrected chi connectivity index (χ0v) is 22.1. The molecule has 3 N–H and O–H groups in total. The number of aliphatic hydroxyl groups is 1. The van der Waals surface area contributed by atoms with Gasteiger partial charge in [0.2, 0.25) is 11.8 Å². The van der Waals surface area contributed by atoms with Crippen LogP contribution in [-0.4, -0.2) is 68.9 Å². The molecule has 13 heteroatoms. The van der Waals surface area contributed by atoms with E-state index in [0.717, 1.165) is 6.92 Å². The minimum atomic E-state index is -4.62. The first-order valence-electron chi connectivity index (χ1n) is 12.0. The van der Waals surface area contributed by atoms with Gasteiger partial charge in [0.25, 0.3) is 5.91 Å². The second kappa shape index (κ2) is 10.5. The van der Waals surface area contributed by atoms with Gasteiger partial charge in [0.15, 0.2) is 6.10 Å². The van der Waals surface area contributed by atoms with Crippen molar-refractivity contribution in [2.45, 2.75) is 63.5 Å². The molecule has 2 heterocycles. The highest BCUT2D eigenvalue weighted by Crippen LogP contribution is 2.37. The van der Waals surface area contributed by atoms with E-state index >= 15 is 0 Å². The summed E-state index contributed by atoms with van der Waals surface area (Å²) >= 11 is 6.34. The highest BCUT2D eigenvalue weighted by atomic mass is 35.5. The molecule has 1 amide bonds. The van der Waals surface area contributed by atoms with Crippen molar-refractivity contribution in [3.63, 3.8) is 0 Å². The number of anilines is 2. The van der Waals surface area contributed by atoms with Crippen LogP contribution in [0.4, 0.5) is 24.8 Å². The van der Waals surface area contributed by atoms with Crippen LogP contribution in [0.1, 0.15) is 49.9 Å². The molecule has 0 aliphatic heterocycles. The molecule has 1 saturated carbocycles. The first kappa shape index (κ1) is 27.8. The Hall–Kier alpha value is -3.25. The molecule has 3 aromatic rings. The number of nitrogens with zero attached hydrogens (tertiary/aromatic N) is 3. The SMILES string of the molecule is C[C@@H](Oc1cc(C(=O)N(C)C)ccc1Nc1nc(OC2CCC(C)(O)CC2)c2c(Cl)c[nH]c2n1)C(F)(F)F. The number of carbonyl (C=O) groups excluding carboxylic acids is 1. The van der Waals surface area contributed by atoms with Gasteiger partial charge in [-0.2, -0.15) is 23.1 Å². The summed E-state index contributed by atoms with van der Waals surface area (Å²) < 4.78 is 51.2. The van der Waals surface area contributed by atoms with Crippen molar-refractivity contribution >= 4 is 40.2 Å². The first-order valence-corrected chi connectivity index (χ1v) is 12.4. The van der Waals surface area contributed by atoms with Crippen LogP contribution in [0.2, 0.25) is 5.02 Å². The van der Waals surface area contributed by atoms with Crippen molar-refractivity contribution < 1.29 is 32.5 Å². The molecule has 0 saturated heterocycles. The molecule has 0 spiro atoms. The predicted molar refractivity (Wildman–Crippen MR) is 136 cm³/mol. The maximum atomic E-state index is 13.3. The van der Waals surface area contributed by atoms with Gasteiger partial charge in [-0.05, 0) is 57.7 Å². The molecule has 38 heavy (non-hydrogen) atoms. The lowest BCUT2D eigenvalue weighted by Gasteiger charge is -2.33. The average molecular weight is 556 g/mol. The minimum Gasteiger partial charge on any atom is -0.479 e. The maximum absolute atomic E-state index is 13.3. The summed E-state index contributed by atoms with van der Waals surface area (Å²) in [5, 5.41) is 14.0. The van der Waals surface area contributed by atoms with Gasteiger partial charge in [-0.15, -0.1) is 0 Å². The summed E-state index contributed by atoms with van der Waals surface area (Å²) in [5.74, 6) is -0.388. The molecule has 1 aromatic carbocycles. The average Bonchev–Trinajstić information content (AvgIpc) is 3.21. The Morgan fingerprint density at radius 2 is 1.97 bits per heavy atom. The van der Waals surface area contributed by atoms with Crippen LogP contribution in [0.5, 0.6) is 11.6 Å². The summed E-state index contributed by atoms with van der Waals surface area (Å²) in [6.45, 7) is 2.66. The highest BCUT2D eigenvalue weighted by molar-refractivity contribution is 6.35. The number of rotatable bonds is 7. The van der Waals surface area contributed by atoms with Crippen LogP contribution in [-0.2, 0) is 0 Å². The van der Waals surface area contributed by atoms with Crippen molar-refractivity contribution in [1.29, 1.82) is 0 Å². The van der Waals surface area contributed by atoms with Crippen LogP contribution in [0.15, 0.2) is 24.4 Å². The first-order chi connectivity index (χ1) is 17.7. The van der Waals surface area contributed by atoms with Crippen LogP contribution in [0, 0.1) is 0 Å². The lowest BCUT2D eigenvalue weighted by atomic mass is 9.85. The number of aromatic amines is 1. The molecule has 9 nitrogen and oxygen atoms in total. The van der Waals surface area contributed by atoms with E-state index in [-0.39, 0.29) is 34.9 Å². The predicted octanol–water partition coefficient (Wildman–Crippen LogP) is 5.46. The van der Waals surface area contributed by atoms with E-state index in [9.17, 15) is 23.1 Å². The molecule has 2 aromatic heterocycles. The smallest absolute Gasteiger partial charge is 0.425 e. The fourth-order valence-corrected chi connectivity index (χ4v) is 4.31. The Bertz CT molecular complexity index is 1320. The number of fused-ring (bicyclic) bond motifs is 1. The number of halogens is 4. The number of amides is 1. The Labute approximate surface area is 222 Å². The second-order valence-corrected chi connectivity index (χ2v) is 10.3. The lowest BCUT2D eigenvalue weighted by molar-refractivity contribution is -0.189. The second-order valence-electron chi connectivity index (χ2n) is 9.86. The molecule has 0 bridgehead atoms. The third-order valence-corrected chi connectivity index (χ3v) is 6.68. The zero-order valence-electron chi connectivity index (χ0n) is 21.3. The number of hydrogen-bond donors (Lipinski definition) is 3. The monoisotopic (exact) mass is 555 g/mol. The van der Waals surface area contributed by atoms with Gasteiger partial charge in [-0.25, -0.2) is 0 Å².